The minimum absolute atomic E-state index is 0.242. The van der Waals surface area contributed by atoms with Gasteiger partial charge in [0, 0.05) is 0 Å². The maximum atomic E-state index is 13.1. The van der Waals surface area contributed by atoms with Gasteiger partial charge in [0.05, 0.1) is 0 Å². The van der Waals surface area contributed by atoms with Crippen molar-refractivity contribution in [3.05, 3.63) is 90.2 Å². The summed E-state index contributed by atoms with van der Waals surface area (Å²) >= 11 is 0. The van der Waals surface area contributed by atoms with Crippen LogP contribution in [0.2, 0.25) is 0 Å². The molecule has 0 saturated heterocycles. The molecule has 3 aromatic rings. The summed E-state index contributed by atoms with van der Waals surface area (Å²) in [6.07, 6.45) is 0. The summed E-state index contributed by atoms with van der Waals surface area (Å²) in [5, 5.41) is 0. The van der Waals surface area contributed by atoms with Gasteiger partial charge >= 0.3 is 0 Å². The van der Waals surface area contributed by atoms with Crippen LogP contribution >= 0.6 is 0 Å². The third kappa shape index (κ3) is 3.48. The molecule has 0 saturated carbocycles. The fourth-order valence-corrected chi connectivity index (χ4v) is 2.19. The summed E-state index contributed by atoms with van der Waals surface area (Å²) in [6.45, 7) is 0.357. The highest BCUT2D eigenvalue weighted by Gasteiger charge is 2.01. The molecule has 21 heavy (non-hydrogen) atoms. The third-order valence-electron chi connectivity index (χ3n) is 3.24. The number of ether oxygens (including phenoxy) is 1. The Morgan fingerprint density at radius 3 is 2.29 bits per heavy atom. The monoisotopic (exact) mass is 278 g/mol. The second kappa shape index (κ2) is 6.23. The van der Waals surface area contributed by atoms with Crippen LogP contribution in [-0.4, -0.2) is 0 Å². The van der Waals surface area contributed by atoms with Crippen molar-refractivity contribution in [1.29, 1.82) is 0 Å². The van der Waals surface area contributed by atoms with Gasteiger partial charge in [-0.2, -0.15) is 0 Å². The summed E-state index contributed by atoms with van der Waals surface area (Å²) in [7, 11) is 0. The molecular formula is C19H15FO. The van der Waals surface area contributed by atoms with Crippen LogP contribution in [0.4, 0.5) is 4.39 Å². The van der Waals surface area contributed by atoms with E-state index in [-0.39, 0.29) is 5.82 Å². The molecule has 3 rings (SSSR count). The van der Waals surface area contributed by atoms with Crippen molar-refractivity contribution in [1.82, 2.24) is 0 Å². The number of halogens is 1. The van der Waals surface area contributed by atoms with Gasteiger partial charge in [-0.15, -0.1) is 0 Å². The molecule has 0 spiro atoms. The summed E-state index contributed by atoms with van der Waals surface area (Å²) in [5.41, 5.74) is 3.07. The SMILES string of the molecule is Fc1cccc(COc2cccc(-c3ccccc3)c2)c1. The van der Waals surface area contributed by atoms with Gasteiger partial charge in [-0.1, -0.05) is 54.6 Å². The van der Waals surface area contributed by atoms with Crippen molar-refractivity contribution in [3.8, 4) is 16.9 Å². The zero-order valence-corrected chi connectivity index (χ0v) is 11.5. The minimum atomic E-state index is -0.242. The largest absolute Gasteiger partial charge is 0.489 e. The standard InChI is InChI=1S/C19H15FO/c20-18-10-4-6-15(12-18)14-21-19-11-5-9-17(13-19)16-7-2-1-3-8-16/h1-13H,14H2. The molecule has 3 aromatic carbocycles. The zero-order valence-electron chi connectivity index (χ0n) is 11.5. The molecule has 0 aliphatic rings. The Morgan fingerprint density at radius 2 is 1.48 bits per heavy atom. The molecule has 104 valence electrons. The van der Waals surface area contributed by atoms with Crippen molar-refractivity contribution < 1.29 is 9.13 Å². The average molecular weight is 278 g/mol. The lowest BCUT2D eigenvalue weighted by atomic mass is 10.1. The minimum Gasteiger partial charge on any atom is -0.489 e. The predicted octanol–water partition coefficient (Wildman–Crippen LogP) is 5.07. The van der Waals surface area contributed by atoms with Gasteiger partial charge in [-0.25, -0.2) is 4.39 Å². The number of hydrogen-bond donors (Lipinski definition) is 0. The predicted molar refractivity (Wildman–Crippen MR) is 82.6 cm³/mol. The molecule has 0 aliphatic carbocycles. The van der Waals surface area contributed by atoms with Crippen LogP contribution in [0.15, 0.2) is 78.9 Å². The summed E-state index contributed by atoms with van der Waals surface area (Å²) in [6, 6.07) is 24.5. The number of hydrogen-bond acceptors (Lipinski definition) is 1. The first-order valence-corrected chi connectivity index (χ1v) is 6.84. The number of benzene rings is 3. The van der Waals surface area contributed by atoms with Gasteiger partial charge in [-0.3, -0.25) is 0 Å². The molecule has 0 atom stereocenters. The Hall–Kier alpha value is -2.61. The molecule has 0 bridgehead atoms. The van der Waals surface area contributed by atoms with E-state index in [9.17, 15) is 4.39 Å². The van der Waals surface area contributed by atoms with E-state index in [1.165, 1.54) is 12.1 Å². The van der Waals surface area contributed by atoms with Crippen LogP contribution < -0.4 is 4.74 Å². The molecule has 0 fully saturated rings. The van der Waals surface area contributed by atoms with E-state index >= 15 is 0 Å². The Labute approximate surface area is 123 Å². The Bertz CT molecular complexity index is 722. The van der Waals surface area contributed by atoms with Gasteiger partial charge in [0.15, 0.2) is 0 Å². The fourth-order valence-electron chi connectivity index (χ4n) is 2.19. The summed E-state index contributed by atoms with van der Waals surface area (Å²) in [5.74, 6) is 0.537. The lowest BCUT2D eigenvalue weighted by Crippen LogP contribution is -1.96. The first kappa shape index (κ1) is 13.4. The molecule has 2 heteroatoms. The van der Waals surface area contributed by atoms with Crippen LogP contribution in [0.5, 0.6) is 5.75 Å². The van der Waals surface area contributed by atoms with E-state index in [2.05, 4.69) is 12.1 Å². The first-order valence-electron chi connectivity index (χ1n) is 6.84. The van der Waals surface area contributed by atoms with Crippen LogP contribution in [0.3, 0.4) is 0 Å². The van der Waals surface area contributed by atoms with E-state index in [0.29, 0.717) is 6.61 Å². The van der Waals surface area contributed by atoms with E-state index in [1.807, 2.05) is 48.5 Å². The Morgan fingerprint density at radius 1 is 0.714 bits per heavy atom. The second-order valence-electron chi connectivity index (χ2n) is 4.81. The Balaban J connectivity index is 1.75. The molecule has 0 N–H and O–H groups in total. The van der Waals surface area contributed by atoms with Crippen molar-refractivity contribution in [2.75, 3.05) is 0 Å². The highest BCUT2D eigenvalue weighted by atomic mass is 19.1. The molecule has 1 nitrogen and oxygen atoms in total. The van der Waals surface area contributed by atoms with Gasteiger partial charge < -0.3 is 4.74 Å². The van der Waals surface area contributed by atoms with Crippen molar-refractivity contribution >= 4 is 0 Å². The maximum Gasteiger partial charge on any atom is 0.123 e. The topological polar surface area (TPSA) is 9.23 Å². The van der Waals surface area contributed by atoms with Crippen LogP contribution in [0.25, 0.3) is 11.1 Å². The molecule has 0 unspecified atom stereocenters. The average Bonchev–Trinajstić information content (AvgIpc) is 2.54. The maximum absolute atomic E-state index is 13.1. The van der Waals surface area contributed by atoms with Crippen molar-refractivity contribution in [2.24, 2.45) is 0 Å². The van der Waals surface area contributed by atoms with Gasteiger partial charge in [0.2, 0.25) is 0 Å². The highest BCUT2D eigenvalue weighted by Crippen LogP contribution is 2.24. The van der Waals surface area contributed by atoms with Gasteiger partial charge in [0.1, 0.15) is 18.2 Å². The van der Waals surface area contributed by atoms with Crippen LogP contribution in [-0.2, 0) is 6.61 Å². The lowest BCUT2D eigenvalue weighted by molar-refractivity contribution is 0.305. The lowest BCUT2D eigenvalue weighted by Gasteiger charge is -2.08. The molecule has 0 amide bonds. The summed E-state index contributed by atoms with van der Waals surface area (Å²) in [4.78, 5) is 0. The fraction of sp³-hybridized carbons (Fsp3) is 0.0526. The molecular weight excluding hydrogens is 263 g/mol. The van der Waals surface area contributed by atoms with E-state index < -0.39 is 0 Å². The quantitative estimate of drug-likeness (QED) is 0.647. The smallest absolute Gasteiger partial charge is 0.123 e. The highest BCUT2D eigenvalue weighted by molar-refractivity contribution is 5.64. The molecule has 0 heterocycles. The van der Waals surface area contributed by atoms with Gasteiger partial charge in [0.25, 0.3) is 0 Å². The Kier molecular flexibility index (Phi) is 3.97. The third-order valence-corrected chi connectivity index (χ3v) is 3.24. The van der Waals surface area contributed by atoms with Crippen LogP contribution in [0, 0.1) is 5.82 Å². The van der Waals surface area contributed by atoms with Gasteiger partial charge in [-0.05, 0) is 41.0 Å². The normalized spacial score (nSPS) is 10.3. The zero-order chi connectivity index (χ0) is 14.5. The van der Waals surface area contributed by atoms with E-state index in [1.54, 1.807) is 6.07 Å². The second-order valence-corrected chi connectivity index (χ2v) is 4.81. The van der Waals surface area contributed by atoms with Crippen molar-refractivity contribution in [3.63, 3.8) is 0 Å². The van der Waals surface area contributed by atoms with Crippen LogP contribution in [0.1, 0.15) is 5.56 Å². The molecule has 0 aliphatic heterocycles. The van der Waals surface area contributed by atoms with E-state index in [4.69, 9.17) is 4.74 Å². The first-order chi connectivity index (χ1) is 10.3. The van der Waals surface area contributed by atoms with Crippen molar-refractivity contribution in [2.45, 2.75) is 6.61 Å². The van der Waals surface area contributed by atoms with E-state index in [0.717, 1.165) is 22.4 Å². The number of rotatable bonds is 4. The molecule has 0 radical (unpaired) electrons. The summed E-state index contributed by atoms with van der Waals surface area (Å²) < 4.78 is 18.9. The molecule has 0 aromatic heterocycles.